The molecular formula is C40H54O27. The van der Waals surface area contributed by atoms with Crippen LogP contribution in [0.2, 0.25) is 0 Å². The average Bonchev–Trinajstić information content (AvgIpc) is 3.17. The molecule has 0 amide bonds. The first-order valence-electron chi connectivity index (χ1n) is 20.3. The molecule has 3 heterocycles. The minimum Gasteiger partial charge on any atom is -0.463 e. The Morgan fingerprint density at radius 2 is 0.552 bits per heavy atom. The number of carbonyl (C=O) groups is 11. The summed E-state index contributed by atoms with van der Waals surface area (Å²) in [5.41, 5.74) is 0. The van der Waals surface area contributed by atoms with Gasteiger partial charge in [-0.1, -0.05) is 0 Å². The van der Waals surface area contributed by atoms with Gasteiger partial charge in [0.25, 0.3) is 0 Å². The van der Waals surface area contributed by atoms with Crippen molar-refractivity contribution < 1.29 is 129 Å². The topological polar surface area (TPSA) is 335 Å². The van der Waals surface area contributed by atoms with Gasteiger partial charge in [0.15, 0.2) is 55.3 Å². The van der Waals surface area contributed by atoms with Crippen LogP contribution in [0, 0.1) is 0 Å². The van der Waals surface area contributed by atoms with E-state index < -0.39 is 178 Å². The van der Waals surface area contributed by atoms with Crippen molar-refractivity contribution in [3.8, 4) is 0 Å². The van der Waals surface area contributed by atoms with Crippen molar-refractivity contribution in [1.82, 2.24) is 0 Å². The van der Waals surface area contributed by atoms with Crippen LogP contribution >= 0.6 is 0 Å². The minimum atomic E-state index is -2.06. The number of hydrogen-bond acceptors (Lipinski definition) is 27. The van der Waals surface area contributed by atoms with Gasteiger partial charge in [0, 0.05) is 76.2 Å². The number of esters is 11. The molecule has 0 saturated carbocycles. The minimum absolute atomic E-state index is 0.643. The van der Waals surface area contributed by atoms with E-state index in [1.807, 2.05) is 0 Å². The quantitative estimate of drug-likeness (QED) is 0.114. The van der Waals surface area contributed by atoms with Crippen LogP contribution in [0.15, 0.2) is 0 Å². The first-order chi connectivity index (χ1) is 31.3. The van der Waals surface area contributed by atoms with E-state index in [-0.39, 0.29) is 0 Å². The third kappa shape index (κ3) is 17.0. The van der Waals surface area contributed by atoms with Gasteiger partial charge in [0.05, 0.1) is 6.61 Å². The van der Waals surface area contributed by atoms with Crippen LogP contribution in [0.25, 0.3) is 0 Å². The number of hydrogen-bond donors (Lipinski definition) is 0. The molecule has 0 radical (unpaired) electrons. The molecule has 3 rings (SSSR count). The van der Waals surface area contributed by atoms with Crippen molar-refractivity contribution in [2.45, 2.75) is 168 Å². The SMILES string of the molecule is CC(=O)OC[C@H]1O[C@@H](OC[C@H]2O[C@@H](O[C@H]3[C@H](OC(C)=O)[C@@H](OC(C)=O)[C@@H](OC(C)=O)O[C@@H]3COC(C)=O)[C@H](OC(C)=O)[C@@H](OC(C)=O)[C@H]2OC(C)=O)[C@H](OC(C)=O)[C@@H](OC(C)=O)[C@H]1OC(C)=O. The normalized spacial score (nSPS) is 31.2. The second kappa shape index (κ2) is 25.2. The fraction of sp³-hybridized carbons (Fsp3) is 0.725. The van der Waals surface area contributed by atoms with Gasteiger partial charge in [-0.15, -0.1) is 0 Å². The highest BCUT2D eigenvalue weighted by molar-refractivity contribution is 5.71. The van der Waals surface area contributed by atoms with Crippen molar-refractivity contribution in [2.24, 2.45) is 0 Å². The Hall–Kier alpha value is -6.03. The molecule has 3 aliphatic rings. The predicted molar refractivity (Wildman–Crippen MR) is 206 cm³/mol. The van der Waals surface area contributed by atoms with E-state index >= 15 is 0 Å². The fourth-order valence-corrected chi connectivity index (χ4v) is 7.04. The summed E-state index contributed by atoms with van der Waals surface area (Å²) in [6.07, 6.45) is -26.6. The zero-order valence-corrected chi connectivity index (χ0v) is 38.3. The second-order valence-corrected chi connectivity index (χ2v) is 14.9. The van der Waals surface area contributed by atoms with E-state index in [0.29, 0.717) is 0 Å². The molecule has 0 N–H and O–H groups in total. The molecule has 3 saturated heterocycles. The summed E-state index contributed by atoms with van der Waals surface area (Å²) in [5, 5.41) is 0. The van der Waals surface area contributed by atoms with Gasteiger partial charge in [-0.3, -0.25) is 52.7 Å². The lowest BCUT2D eigenvalue weighted by atomic mass is 9.95. The molecule has 3 fully saturated rings. The molecule has 0 spiro atoms. The van der Waals surface area contributed by atoms with Gasteiger partial charge in [-0.05, 0) is 0 Å². The lowest BCUT2D eigenvalue weighted by Crippen LogP contribution is -2.67. The Morgan fingerprint density at radius 1 is 0.284 bits per heavy atom. The molecule has 376 valence electrons. The lowest BCUT2D eigenvalue weighted by Gasteiger charge is -2.49. The van der Waals surface area contributed by atoms with E-state index in [2.05, 4.69) is 0 Å². The molecule has 0 unspecified atom stereocenters. The first kappa shape index (κ1) is 55.3. The van der Waals surface area contributed by atoms with Crippen molar-refractivity contribution in [2.75, 3.05) is 19.8 Å². The Labute approximate surface area is 382 Å². The largest absolute Gasteiger partial charge is 0.463 e. The molecule has 0 bridgehead atoms. The molecule has 67 heavy (non-hydrogen) atoms. The van der Waals surface area contributed by atoms with Gasteiger partial charge in [-0.25, -0.2) is 0 Å². The fourth-order valence-electron chi connectivity index (χ4n) is 7.04. The second-order valence-electron chi connectivity index (χ2n) is 14.9. The standard InChI is InChI=1S/C40H54O27/c1-15(41)52-12-26-29(55-17(3)43)32(57-19(5)45)35(60-22(8)48)38(64-26)54-14-28-30(56-18(4)44)33(58-20(6)46)37(62-24(10)50)40(66-28)67-31-27(13-53-16(2)42)65-39(63-25(11)51)36(61-23(9)49)34(31)59-21(7)47/h26-40H,12-14H2,1-11H3/t26-,27-,28-,29+,30+,31-,32+,33+,34+,35-,36-,37-,38-,39+,40+/m1/s1. The molecular weight excluding hydrogens is 912 g/mol. The maximum Gasteiger partial charge on any atom is 0.305 e. The molecule has 0 aromatic heterocycles. The molecule has 0 aromatic carbocycles. The van der Waals surface area contributed by atoms with E-state index in [4.69, 9.17) is 75.8 Å². The molecule has 27 nitrogen and oxygen atoms in total. The molecule has 15 atom stereocenters. The van der Waals surface area contributed by atoms with Crippen LogP contribution in [-0.2, 0) is 129 Å². The van der Waals surface area contributed by atoms with Gasteiger partial charge >= 0.3 is 65.7 Å². The zero-order chi connectivity index (χ0) is 50.4. The molecule has 3 aliphatic heterocycles. The predicted octanol–water partition coefficient (Wildman–Crippen LogP) is -1.29. The van der Waals surface area contributed by atoms with E-state index in [1.165, 1.54) is 0 Å². The van der Waals surface area contributed by atoms with Crippen molar-refractivity contribution in [3.05, 3.63) is 0 Å². The number of carbonyl (C=O) groups excluding carboxylic acids is 11. The number of rotatable bonds is 18. The average molecular weight is 967 g/mol. The van der Waals surface area contributed by atoms with Crippen LogP contribution in [0.5, 0.6) is 0 Å². The maximum atomic E-state index is 12.7. The third-order valence-electron chi connectivity index (χ3n) is 9.09. The summed E-state index contributed by atoms with van der Waals surface area (Å²) in [6, 6.07) is 0. The van der Waals surface area contributed by atoms with Crippen LogP contribution in [0.1, 0.15) is 76.2 Å². The summed E-state index contributed by atoms with van der Waals surface area (Å²) in [7, 11) is 0. The summed E-state index contributed by atoms with van der Waals surface area (Å²) < 4.78 is 90.0. The Balaban J connectivity index is 2.25. The summed E-state index contributed by atoms with van der Waals surface area (Å²) in [5.74, 6) is -10.6. The van der Waals surface area contributed by atoms with Crippen LogP contribution in [0.4, 0.5) is 0 Å². The van der Waals surface area contributed by atoms with Crippen molar-refractivity contribution in [3.63, 3.8) is 0 Å². The summed E-state index contributed by atoms with van der Waals surface area (Å²) in [6.45, 7) is 8.57. The van der Waals surface area contributed by atoms with Crippen molar-refractivity contribution >= 4 is 65.7 Å². The Bertz CT molecular complexity index is 1850. The highest BCUT2D eigenvalue weighted by Gasteiger charge is 2.59. The van der Waals surface area contributed by atoms with Gasteiger partial charge < -0.3 is 75.8 Å². The Kier molecular flexibility index (Phi) is 20.8. The Morgan fingerprint density at radius 3 is 0.925 bits per heavy atom. The van der Waals surface area contributed by atoms with E-state index in [1.54, 1.807) is 0 Å². The van der Waals surface area contributed by atoms with Gasteiger partial charge in [0.1, 0.15) is 37.6 Å². The highest BCUT2D eigenvalue weighted by Crippen LogP contribution is 2.37. The summed E-state index contributed by atoms with van der Waals surface area (Å²) >= 11 is 0. The van der Waals surface area contributed by atoms with E-state index in [0.717, 1.165) is 76.2 Å². The molecule has 0 aliphatic carbocycles. The van der Waals surface area contributed by atoms with Crippen LogP contribution < -0.4 is 0 Å². The third-order valence-corrected chi connectivity index (χ3v) is 9.09. The lowest BCUT2D eigenvalue weighted by molar-refractivity contribution is -0.364. The van der Waals surface area contributed by atoms with Crippen LogP contribution in [0.3, 0.4) is 0 Å². The van der Waals surface area contributed by atoms with E-state index in [9.17, 15) is 52.7 Å². The van der Waals surface area contributed by atoms with Gasteiger partial charge in [-0.2, -0.15) is 0 Å². The smallest absolute Gasteiger partial charge is 0.305 e. The maximum absolute atomic E-state index is 12.7. The zero-order valence-electron chi connectivity index (χ0n) is 38.3. The summed E-state index contributed by atoms with van der Waals surface area (Å²) in [4.78, 5) is 136. The monoisotopic (exact) mass is 966 g/mol. The van der Waals surface area contributed by atoms with Gasteiger partial charge in [0.2, 0.25) is 12.4 Å². The molecule has 27 heteroatoms. The van der Waals surface area contributed by atoms with Crippen molar-refractivity contribution in [1.29, 1.82) is 0 Å². The number of ether oxygens (including phenoxy) is 16. The van der Waals surface area contributed by atoms with Crippen LogP contribution in [-0.4, -0.2) is 178 Å². The molecule has 0 aromatic rings. The highest BCUT2D eigenvalue weighted by atomic mass is 16.8. The first-order valence-corrected chi connectivity index (χ1v) is 20.3.